The standard InChI is InChI=1S/C18H18N2O5S/c19-26(22,23)15-7-5-14(6-8-15)24-9-10-25-18(21)11-13-12-20-17-4-2-1-3-16(13)17/h1-8,12,20H,9-11H2,(H2,19,22,23). The van der Waals surface area contributed by atoms with Crippen LogP contribution in [0.2, 0.25) is 0 Å². The highest BCUT2D eigenvalue weighted by atomic mass is 32.2. The highest BCUT2D eigenvalue weighted by Crippen LogP contribution is 2.18. The summed E-state index contributed by atoms with van der Waals surface area (Å²) in [5, 5.41) is 6.02. The second kappa shape index (κ2) is 7.59. The molecule has 0 amide bonds. The fraction of sp³-hybridized carbons (Fsp3) is 0.167. The highest BCUT2D eigenvalue weighted by Gasteiger charge is 2.10. The Morgan fingerprint density at radius 2 is 1.77 bits per heavy atom. The molecule has 0 aliphatic rings. The number of carbonyl (C=O) groups excluding carboxylic acids is 1. The van der Waals surface area contributed by atoms with Gasteiger partial charge in [0, 0.05) is 17.1 Å². The first-order valence-corrected chi connectivity index (χ1v) is 9.44. The van der Waals surface area contributed by atoms with Gasteiger partial charge in [-0.25, -0.2) is 13.6 Å². The van der Waals surface area contributed by atoms with Gasteiger partial charge in [-0.1, -0.05) is 18.2 Å². The van der Waals surface area contributed by atoms with E-state index in [1.807, 2.05) is 24.3 Å². The van der Waals surface area contributed by atoms with Crippen LogP contribution in [0.5, 0.6) is 5.75 Å². The van der Waals surface area contributed by atoms with Crippen LogP contribution in [-0.2, 0) is 26.0 Å². The number of fused-ring (bicyclic) bond motifs is 1. The third-order valence-corrected chi connectivity index (χ3v) is 4.71. The number of nitrogens with two attached hydrogens (primary N) is 1. The molecule has 0 aliphatic carbocycles. The number of hydrogen-bond donors (Lipinski definition) is 2. The van der Waals surface area contributed by atoms with Gasteiger partial charge in [0.2, 0.25) is 10.0 Å². The number of rotatable bonds is 7. The number of nitrogens with one attached hydrogen (secondary N) is 1. The van der Waals surface area contributed by atoms with Gasteiger partial charge >= 0.3 is 5.97 Å². The first-order valence-electron chi connectivity index (χ1n) is 7.90. The lowest BCUT2D eigenvalue weighted by Gasteiger charge is -2.08. The van der Waals surface area contributed by atoms with Crippen LogP contribution in [0.1, 0.15) is 5.56 Å². The van der Waals surface area contributed by atoms with Crippen LogP contribution in [0.15, 0.2) is 59.6 Å². The molecular formula is C18H18N2O5S. The molecule has 0 atom stereocenters. The van der Waals surface area contributed by atoms with Crippen molar-refractivity contribution in [3.8, 4) is 5.75 Å². The Morgan fingerprint density at radius 1 is 1.04 bits per heavy atom. The zero-order chi connectivity index (χ0) is 18.6. The molecule has 0 saturated carbocycles. The number of aromatic amines is 1. The average molecular weight is 374 g/mol. The predicted molar refractivity (Wildman–Crippen MR) is 96.3 cm³/mol. The number of ether oxygens (including phenoxy) is 2. The molecule has 0 fully saturated rings. The van der Waals surface area contributed by atoms with Crippen molar-refractivity contribution in [2.75, 3.05) is 13.2 Å². The SMILES string of the molecule is NS(=O)(=O)c1ccc(OCCOC(=O)Cc2c[nH]c3ccccc23)cc1. The molecule has 0 bridgehead atoms. The van der Waals surface area contributed by atoms with Crippen molar-refractivity contribution in [2.45, 2.75) is 11.3 Å². The van der Waals surface area contributed by atoms with E-state index in [0.717, 1.165) is 16.5 Å². The molecule has 26 heavy (non-hydrogen) atoms. The molecule has 3 N–H and O–H groups in total. The molecule has 7 nitrogen and oxygen atoms in total. The lowest BCUT2D eigenvalue weighted by Crippen LogP contribution is -2.14. The Kier molecular flexibility index (Phi) is 5.24. The number of H-pyrrole nitrogens is 1. The summed E-state index contributed by atoms with van der Waals surface area (Å²) < 4.78 is 32.9. The summed E-state index contributed by atoms with van der Waals surface area (Å²) in [5.74, 6) is 0.119. The largest absolute Gasteiger partial charge is 0.490 e. The van der Waals surface area contributed by atoms with Gasteiger partial charge in [0.25, 0.3) is 0 Å². The molecule has 8 heteroatoms. The normalized spacial score (nSPS) is 11.4. The average Bonchev–Trinajstić information content (AvgIpc) is 3.01. The van der Waals surface area contributed by atoms with Crippen LogP contribution in [-0.4, -0.2) is 32.6 Å². The minimum atomic E-state index is -3.72. The molecule has 0 spiro atoms. The number of benzene rings is 2. The lowest BCUT2D eigenvalue weighted by atomic mass is 10.1. The molecule has 2 aromatic carbocycles. The maximum atomic E-state index is 11.9. The first kappa shape index (κ1) is 18.0. The Morgan fingerprint density at radius 3 is 2.50 bits per heavy atom. The van der Waals surface area contributed by atoms with Crippen LogP contribution in [0.3, 0.4) is 0 Å². The molecule has 1 aromatic heterocycles. The van der Waals surface area contributed by atoms with Gasteiger partial charge < -0.3 is 14.5 Å². The predicted octanol–water partition coefficient (Wildman–Crippen LogP) is 1.98. The van der Waals surface area contributed by atoms with Crippen LogP contribution in [0.4, 0.5) is 0 Å². The maximum Gasteiger partial charge on any atom is 0.310 e. The van der Waals surface area contributed by atoms with E-state index in [-0.39, 0.29) is 30.5 Å². The van der Waals surface area contributed by atoms with Crippen molar-refractivity contribution in [3.63, 3.8) is 0 Å². The van der Waals surface area contributed by atoms with Crippen LogP contribution >= 0.6 is 0 Å². The minimum absolute atomic E-state index is 0.00927. The Balaban J connectivity index is 1.45. The number of primary sulfonamides is 1. The smallest absolute Gasteiger partial charge is 0.310 e. The fourth-order valence-corrected chi connectivity index (χ4v) is 3.04. The second-order valence-corrected chi connectivity index (χ2v) is 7.18. The van der Waals surface area contributed by atoms with Gasteiger partial charge in [-0.3, -0.25) is 4.79 Å². The lowest BCUT2D eigenvalue weighted by molar-refractivity contribution is -0.143. The molecule has 0 unspecified atom stereocenters. The van der Waals surface area contributed by atoms with Gasteiger partial charge in [-0.15, -0.1) is 0 Å². The van der Waals surface area contributed by atoms with E-state index in [1.165, 1.54) is 24.3 Å². The van der Waals surface area contributed by atoms with Crippen molar-refractivity contribution >= 4 is 26.9 Å². The van der Waals surface area contributed by atoms with Crippen LogP contribution in [0.25, 0.3) is 10.9 Å². The third-order valence-electron chi connectivity index (χ3n) is 3.78. The number of para-hydroxylation sites is 1. The first-order chi connectivity index (χ1) is 12.4. The molecule has 3 rings (SSSR count). The quantitative estimate of drug-likeness (QED) is 0.485. The topological polar surface area (TPSA) is 111 Å². The van der Waals surface area contributed by atoms with Crippen molar-refractivity contribution in [1.29, 1.82) is 0 Å². The molecule has 136 valence electrons. The van der Waals surface area contributed by atoms with Gasteiger partial charge in [0.1, 0.15) is 19.0 Å². The molecule has 0 radical (unpaired) electrons. The fourth-order valence-electron chi connectivity index (χ4n) is 2.52. The summed E-state index contributed by atoms with van der Waals surface area (Å²) in [6.07, 6.45) is 1.97. The van der Waals surface area contributed by atoms with Crippen LogP contribution < -0.4 is 9.88 Å². The molecule has 1 heterocycles. The second-order valence-electron chi connectivity index (χ2n) is 5.62. The highest BCUT2D eigenvalue weighted by molar-refractivity contribution is 7.89. The summed E-state index contributed by atoms with van der Waals surface area (Å²) >= 11 is 0. The summed E-state index contributed by atoms with van der Waals surface area (Å²) in [6, 6.07) is 13.4. The molecule has 0 saturated heterocycles. The van der Waals surface area contributed by atoms with E-state index >= 15 is 0 Å². The number of hydrogen-bond acceptors (Lipinski definition) is 5. The van der Waals surface area contributed by atoms with Gasteiger partial charge in [0.05, 0.1) is 11.3 Å². The summed E-state index contributed by atoms with van der Waals surface area (Å²) in [4.78, 5) is 15.1. The zero-order valence-electron chi connectivity index (χ0n) is 13.8. The van der Waals surface area contributed by atoms with Crippen molar-refractivity contribution in [2.24, 2.45) is 5.14 Å². The molecule has 0 aliphatic heterocycles. The monoisotopic (exact) mass is 374 g/mol. The Bertz CT molecular complexity index is 1010. The van der Waals surface area contributed by atoms with Gasteiger partial charge in [-0.2, -0.15) is 0 Å². The van der Waals surface area contributed by atoms with E-state index in [9.17, 15) is 13.2 Å². The van der Waals surface area contributed by atoms with E-state index in [0.29, 0.717) is 5.75 Å². The summed E-state index contributed by atoms with van der Waals surface area (Å²) in [5.41, 5.74) is 1.85. The Hall–Kier alpha value is -2.84. The maximum absolute atomic E-state index is 11.9. The van der Waals surface area contributed by atoms with Crippen molar-refractivity contribution < 1.29 is 22.7 Å². The summed E-state index contributed by atoms with van der Waals surface area (Å²) in [7, 11) is -3.72. The third kappa shape index (κ3) is 4.41. The van der Waals surface area contributed by atoms with Gasteiger partial charge in [-0.05, 0) is 35.9 Å². The number of esters is 1. The van der Waals surface area contributed by atoms with E-state index < -0.39 is 10.0 Å². The van der Waals surface area contributed by atoms with E-state index in [1.54, 1.807) is 6.20 Å². The zero-order valence-corrected chi connectivity index (χ0v) is 14.7. The van der Waals surface area contributed by atoms with Crippen molar-refractivity contribution in [1.82, 2.24) is 4.98 Å². The number of carbonyl (C=O) groups is 1. The van der Waals surface area contributed by atoms with Gasteiger partial charge in [0.15, 0.2) is 0 Å². The van der Waals surface area contributed by atoms with Crippen LogP contribution in [0, 0.1) is 0 Å². The molecular weight excluding hydrogens is 356 g/mol. The van der Waals surface area contributed by atoms with Crippen molar-refractivity contribution in [3.05, 3.63) is 60.3 Å². The Labute approximate surface area is 150 Å². The van der Waals surface area contributed by atoms with E-state index in [4.69, 9.17) is 14.6 Å². The summed E-state index contributed by atoms with van der Waals surface area (Å²) in [6.45, 7) is 0.256. The minimum Gasteiger partial charge on any atom is -0.490 e. The molecule has 3 aromatic rings. The number of aromatic nitrogens is 1. The van der Waals surface area contributed by atoms with E-state index in [2.05, 4.69) is 4.98 Å². The number of sulfonamides is 1.